The Morgan fingerprint density at radius 3 is 2.70 bits per heavy atom. The van der Waals surface area contributed by atoms with Gasteiger partial charge in [0.25, 0.3) is 0 Å². The van der Waals surface area contributed by atoms with Crippen LogP contribution in [0.4, 0.5) is 0 Å². The van der Waals surface area contributed by atoms with Crippen LogP contribution in [0.3, 0.4) is 0 Å². The van der Waals surface area contributed by atoms with Gasteiger partial charge >= 0.3 is 5.97 Å². The summed E-state index contributed by atoms with van der Waals surface area (Å²) in [6.07, 6.45) is 5.36. The topological polar surface area (TPSA) is 55.0 Å². The van der Waals surface area contributed by atoms with Crippen molar-refractivity contribution in [3.05, 3.63) is 65.6 Å². The van der Waals surface area contributed by atoms with Crippen LogP contribution in [0.15, 0.2) is 48.8 Å². The van der Waals surface area contributed by atoms with E-state index in [0.29, 0.717) is 5.69 Å². The van der Waals surface area contributed by atoms with Gasteiger partial charge in [-0.3, -0.25) is 4.98 Å². The molecule has 4 rings (SSSR count). The molecule has 2 heterocycles. The van der Waals surface area contributed by atoms with Crippen LogP contribution in [0.1, 0.15) is 21.6 Å². The molecule has 0 aliphatic heterocycles. The molecule has 4 nitrogen and oxygen atoms in total. The zero-order valence-corrected chi connectivity index (χ0v) is 12.8. The molecule has 0 amide bonds. The summed E-state index contributed by atoms with van der Waals surface area (Å²) in [7, 11) is 1.41. The molecule has 114 valence electrons. The summed E-state index contributed by atoms with van der Waals surface area (Å²) >= 11 is 0. The van der Waals surface area contributed by atoms with E-state index in [-0.39, 0.29) is 5.97 Å². The second-order valence-corrected chi connectivity index (χ2v) is 5.61. The quantitative estimate of drug-likeness (QED) is 0.736. The molecule has 1 N–H and O–H groups in total. The van der Waals surface area contributed by atoms with Crippen LogP contribution in [0, 0.1) is 0 Å². The van der Waals surface area contributed by atoms with Crippen molar-refractivity contribution in [2.75, 3.05) is 7.11 Å². The number of benzene rings is 1. The third-order valence-electron chi connectivity index (χ3n) is 4.39. The van der Waals surface area contributed by atoms with Crippen LogP contribution < -0.4 is 0 Å². The Morgan fingerprint density at radius 2 is 1.91 bits per heavy atom. The summed E-state index contributed by atoms with van der Waals surface area (Å²) in [5.41, 5.74) is 7.11. The number of fused-ring (bicyclic) bond motifs is 3. The van der Waals surface area contributed by atoms with Crippen molar-refractivity contribution < 1.29 is 9.53 Å². The summed E-state index contributed by atoms with van der Waals surface area (Å²) in [4.78, 5) is 19.7. The van der Waals surface area contributed by atoms with Crippen LogP contribution in [0.5, 0.6) is 0 Å². The lowest BCUT2D eigenvalue weighted by Crippen LogP contribution is -2.04. The average molecular weight is 304 g/mol. The SMILES string of the molecule is COC(=O)c1[nH]c2c(c1-c1ccncc1)CCc1ccccc1-2. The van der Waals surface area contributed by atoms with E-state index in [1.54, 1.807) is 12.4 Å². The zero-order chi connectivity index (χ0) is 15.8. The molecule has 0 radical (unpaired) electrons. The number of aryl methyl sites for hydroxylation is 1. The van der Waals surface area contributed by atoms with E-state index in [1.165, 1.54) is 23.8 Å². The monoisotopic (exact) mass is 304 g/mol. The van der Waals surface area contributed by atoms with E-state index in [0.717, 1.165) is 29.7 Å². The Bertz CT molecular complexity index is 882. The predicted octanol–water partition coefficient (Wildman–Crippen LogP) is 3.63. The third kappa shape index (κ3) is 2.14. The van der Waals surface area contributed by atoms with Crippen molar-refractivity contribution in [1.82, 2.24) is 9.97 Å². The van der Waals surface area contributed by atoms with Gasteiger partial charge in [0.2, 0.25) is 0 Å². The lowest BCUT2D eigenvalue weighted by atomic mass is 9.87. The molecule has 2 aromatic heterocycles. The summed E-state index contributed by atoms with van der Waals surface area (Å²) in [5, 5.41) is 0. The van der Waals surface area contributed by atoms with Gasteiger partial charge in [-0.2, -0.15) is 0 Å². The molecule has 0 atom stereocenters. The number of carbonyl (C=O) groups is 1. The number of hydrogen-bond acceptors (Lipinski definition) is 3. The highest BCUT2D eigenvalue weighted by Gasteiger charge is 2.27. The summed E-state index contributed by atoms with van der Waals surface area (Å²) < 4.78 is 4.98. The van der Waals surface area contributed by atoms with Gasteiger partial charge in [0.05, 0.1) is 12.8 Å². The van der Waals surface area contributed by atoms with Gasteiger partial charge in [0.15, 0.2) is 0 Å². The highest BCUT2D eigenvalue weighted by Crippen LogP contribution is 2.40. The molecule has 0 spiro atoms. The number of ether oxygens (including phenoxy) is 1. The first kappa shape index (κ1) is 13.8. The van der Waals surface area contributed by atoms with Gasteiger partial charge < -0.3 is 9.72 Å². The molecule has 0 unspecified atom stereocenters. The minimum absolute atomic E-state index is 0.344. The normalized spacial score (nSPS) is 12.4. The van der Waals surface area contributed by atoms with Gasteiger partial charge in [-0.25, -0.2) is 4.79 Å². The highest BCUT2D eigenvalue weighted by atomic mass is 16.5. The predicted molar refractivity (Wildman–Crippen MR) is 88.2 cm³/mol. The molecule has 1 aliphatic rings. The molecule has 0 fully saturated rings. The minimum atomic E-state index is -0.344. The lowest BCUT2D eigenvalue weighted by Gasteiger charge is -2.17. The van der Waals surface area contributed by atoms with Crippen molar-refractivity contribution in [1.29, 1.82) is 0 Å². The fourth-order valence-electron chi connectivity index (χ4n) is 3.35. The van der Waals surface area contributed by atoms with Gasteiger partial charge in [-0.1, -0.05) is 24.3 Å². The number of H-pyrrole nitrogens is 1. The number of aromatic amines is 1. The number of pyridine rings is 1. The second kappa shape index (κ2) is 5.39. The van der Waals surface area contributed by atoms with E-state index in [4.69, 9.17) is 4.74 Å². The van der Waals surface area contributed by atoms with Crippen molar-refractivity contribution in [2.45, 2.75) is 12.8 Å². The first-order valence-electron chi connectivity index (χ1n) is 7.61. The van der Waals surface area contributed by atoms with Gasteiger partial charge in [-0.15, -0.1) is 0 Å². The zero-order valence-electron chi connectivity index (χ0n) is 12.8. The minimum Gasteiger partial charge on any atom is -0.464 e. The number of hydrogen-bond donors (Lipinski definition) is 1. The first-order chi connectivity index (χ1) is 11.3. The molecule has 0 saturated carbocycles. The number of rotatable bonds is 2. The molecule has 0 bridgehead atoms. The van der Waals surface area contributed by atoms with E-state index in [1.807, 2.05) is 18.2 Å². The Morgan fingerprint density at radius 1 is 1.13 bits per heavy atom. The van der Waals surface area contributed by atoms with Crippen molar-refractivity contribution in [3.63, 3.8) is 0 Å². The largest absolute Gasteiger partial charge is 0.464 e. The van der Waals surface area contributed by atoms with E-state index in [9.17, 15) is 4.79 Å². The van der Waals surface area contributed by atoms with Crippen LogP contribution in [0.25, 0.3) is 22.4 Å². The molecule has 0 saturated heterocycles. The van der Waals surface area contributed by atoms with Gasteiger partial charge in [0, 0.05) is 23.5 Å². The number of aromatic nitrogens is 2. The summed E-state index contributed by atoms with van der Waals surface area (Å²) in [6, 6.07) is 12.2. The Kier molecular flexibility index (Phi) is 3.23. The lowest BCUT2D eigenvalue weighted by molar-refractivity contribution is 0.0596. The van der Waals surface area contributed by atoms with E-state index < -0.39 is 0 Å². The summed E-state index contributed by atoms with van der Waals surface area (Å²) in [6.45, 7) is 0. The molecule has 1 aromatic carbocycles. The van der Waals surface area contributed by atoms with E-state index in [2.05, 4.69) is 28.2 Å². The first-order valence-corrected chi connectivity index (χ1v) is 7.61. The Balaban J connectivity index is 2.00. The van der Waals surface area contributed by atoms with Crippen LogP contribution in [-0.4, -0.2) is 23.0 Å². The fourth-order valence-corrected chi connectivity index (χ4v) is 3.35. The maximum atomic E-state index is 12.3. The maximum Gasteiger partial charge on any atom is 0.355 e. The van der Waals surface area contributed by atoms with Crippen molar-refractivity contribution >= 4 is 5.97 Å². The molecular formula is C19H16N2O2. The Hall–Kier alpha value is -2.88. The average Bonchev–Trinajstić information content (AvgIpc) is 3.01. The standard InChI is InChI=1S/C19H16N2O2/c1-23-19(22)18-16(13-8-10-20-11-9-13)15-7-6-12-4-2-3-5-14(12)17(15)21-18/h2-5,8-11,21H,6-7H2,1H3. The maximum absolute atomic E-state index is 12.3. The van der Waals surface area contributed by atoms with E-state index >= 15 is 0 Å². The summed E-state index contributed by atoms with van der Waals surface area (Å²) in [5.74, 6) is -0.344. The van der Waals surface area contributed by atoms with Crippen LogP contribution >= 0.6 is 0 Å². The molecule has 4 heteroatoms. The second-order valence-electron chi connectivity index (χ2n) is 5.61. The number of nitrogens with zero attached hydrogens (tertiary/aromatic N) is 1. The van der Waals surface area contributed by atoms with Gasteiger partial charge in [-0.05, 0) is 41.7 Å². The molecular weight excluding hydrogens is 288 g/mol. The number of esters is 1. The molecule has 23 heavy (non-hydrogen) atoms. The fraction of sp³-hybridized carbons (Fsp3) is 0.158. The van der Waals surface area contributed by atoms with Crippen LogP contribution in [-0.2, 0) is 17.6 Å². The van der Waals surface area contributed by atoms with Gasteiger partial charge in [0.1, 0.15) is 5.69 Å². The van der Waals surface area contributed by atoms with Crippen molar-refractivity contribution in [3.8, 4) is 22.4 Å². The van der Waals surface area contributed by atoms with Crippen molar-refractivity contribution in [2.24, 2.45) is 0 Å². The molecule has 3 aromatic rings. The highest BCUT2D eigenvalue weighted by molar-refractivity contribution is 5.99. The number of methoxy groups -OCH3 is 1. The van der Waals surface area contributed by atoms with Crippen LogP contribution in [0.2, 0.25) is 0 Å². The smallest absolute Gasteiger partial charge is 0.355 e. The number of nitrogens with one attached hydrogen (secondary N) is 1. The Labute approximate surface area is 134 Å². The number of carbonyl (C=O) groups excluding carboxylic acids is 1. The third-order valence-corrected chi connectivity index (χ3v) is 4.39. The molecule has 1 aliphatic carbocycles.